The van der Waals surface area contributed by atoms with Crippen LogP contribution in [0.4, 0.5) is 0 Å². The highest BCUT2D eigenvalue weighted by atomic mass is 16.7. The zero-order chi connectivity index (χ0) is 33.9. The molecule has 0 aromatic heterocycles. The van der Waals surface area contributed by atoms with Gasteiger partial charge in [-0.15, -0.1) is 0 Å². The number of ether oxygens (including phenoxy) is 4. The number of carbonyl (C=O) groups is 3. The van der Waals surface area contributed by atoms with Crippen LogP contribution >= 0.6 is 0 Å². The molecule has 2 aliphatic rings. The summed E-state index contributed by atoms with van der Waals surface area (Å²) in [4.78, 5) is 34.5. The van der Waals surface area contributed by atoms with E-state index in [0.29, 0.717) is 6.42 Å². The number of rotatable bonds is 6. The number of hydrogen-bond acceptors (Lipinski definition) is 12. The van der Waals surface area contributed by atoms with E-state index in [-0.39, 0.29) is 25.4 Å². The van der Waals surface area contributed by atoms with E-state index in [0.717, 1.165) is 12.8 Å². The van der Waals surface area contributed by atoms with E-state index >= 15 is 0 Å². The van der Waals surface area contributed by atoms with Crippen LogP contribution in [0.2, 0.25) is 0 Å². The molecule has 0 aliphatic carbocycles. The summed E-state index contributed by atoms with van der Waals surface area (Å²) in [7, 11) is 0. The van der Waals surface area contributed by atoms with Gasteiger partial charge in [0.15, 0.2) is 6.29 Å². The van der Waals surface area contributed by atoms with Gasteiger partial charge in [0.05, 0.1) is 24.4 Å². The lowest BCUT2D eigenvalue weighted by Crippen LogP contribution is -2.59. The largest absolute Gasteiger partial charge is 0.481 e. The summed E-state index contributed by atoms with van der Waals surface area (Å²) in [5.74, 6) is -2.98. The van der Waals surface area contributed by atoms with Crippen molar-refractivity contribution >= 4 is 17.9 Å². The minimum Gasteiger partial charge on any atom is -0.481 e. The first-order chi connectivity index (χ1) is 22.0. The van der Waals surface area contributed by atoms with Gasteiger partial charge in [-0.25, -0.2) is 4.79 Å². The maximum atomic E-state index is 12.2. The highest BCUT2D eigenvalue weighted by molar-refractivity contribution is 5.90. The lowest BCUT2D eigenvalue weighted by Gasteiger charge is -2.40. The monoisotopic (exact) mass is 650 g/mol. The van der Waals surface area contributed by atoms with Gasteiger partial charge in [0, 0.05) is 12.5 Å². The van der Waals surface area contributed by atoms with Gasteiger partial charge in [-0.1, -0.05) is 66.8 Å². The third kappa shape index (κ3) is 15.7. The van der Waals surface area contributed by atoms with Gasteiger partial charge in [-0.2, -0.15) is 0 Å². The summed E-state index contributed by atoms with van der Waals surface area (Å²) >= 11 is 0. The number of aliphatic hydroxyl groups is 5. The van der Waals surface area contributed by atoms with E-state index in [1.807, 2.05) is 19.1 Å². The van der Waals surface area contributed by atoms with Gasteiger partial charge in [0.25, 0.3) is 0 Å². The highest BCUT2D eigenvalue weighted by Crippen LogP contribution is 2.24. The summed E-state index contributed by atoms with van der Waals surface area (Å²) in [5, 5.41) is 60.4. The topological polar surface area (TPSA) is 210 Å². The van der Waals surface area contributed by atoms with Crippen molar-refractivity contribution < 1.29 is 64.0 Å². The van der Waals surface area contributed by atoms with E-state index in [1.165, 1.54) is 12.2 Å². The first-order valence-corrected chi connectivity index (χ1v) is 15.2. The van der Waals surface area contributed by atoms with Crippen LogP contribution in [0.1, 0.15) is 51.9 Å². The Labute approximate surface area is 268 Å². The molecule has 2 rings (SSSR count). The fraction of sp³-hybridized carbons (Fsp3) is 0.545. The summed E-state index contributed by atoms with van der Waals surface area (Å²) in [6.45, 7) is 1.21. The number of hydrogen-bond donors (Lipinski definition) is 6. The van der Waals surface area contributed by atoms with Crippen molar-refractivity contribution in [2.24, 2.45) is 0 Å². The second-order valence-corrected chi connectivity index (χ2v) is 11.0. The maximum absolute atomic E-state index is 12.2. The number of esters is 2. The van der Waals surface area contributed by atoms with Crippen LogP contribution in [0, 0.1) is 0 Å². The molecule has 0 unspecified atom stereocenters. The summed E-state index contributed by atoms with van der Waals surface area (Å²) in [6.07, 6.45) is 11.2. The number of aliphatic hydroxyl groups excluding tert-OH is 5. The Hall–Kier alpha value is -3.43. The van der Waals surface area contributed by atoms with Crippen molar-refractivity contribution in [2.45, 2.75) is 107 Å². The smallest absolute Gasteiger partial charge is 0.331 e. The predicted octanol–water partition coefficient (Wildman–Crippen LogP) is 1.54. The third-order valence-electron chi connectivity index (χ3n) is 6.90. The lowest BCUT2D eigenvalue weighted by molar-refractivity contribution is -0.307. The average molecular weight is 651 g/mol. The fourth-order valence-electron chi connectivity index (χ4n) is 4.44. The normalized spacial score (nSPS) is 36.6. The zero-order valence-electron chi connectivity index (χ0n) is 25.8. The van der Waals surface area contributed by atoms with E-state index in [1.54, 1.807) is 48.6 Å². The Kier molecular flexibility index (Phi) is 18.0. The van der Waals surface area contributed by atoms with Crippen LogP contribution in [0.15, 0.2) is 72.9 Å². The Balaban J connectivity index is 2.15. The minimum atomic E-state index is -1.73. The maximum Gasteiger partial charge on any atom is 0.331 e. The number of allylic oxidation sites excluding steroid dienone is 7. The van der Waals surface area contributed by atoms with E-state index in [4.69, 9.17) is 24.1 Å². The van der Waals surface area contributed by atoms with Gasteiger partial charge in [-0.3, -0.25) is 9.59 Å². The molecule has 6 N–H and O–H groups in total. The van der Waals surface area contributed by atoms with Crippen LogP contribution in [-0.2, 0) is 33.3 Å². The minimum absolute atomic E-state index is 0.142. The molecule has 0 spiro atoms. The Bertz CT molecular complexity index is 1120. The molecule has 0 bridgehead atoms. The standard InChI is InChI=1S/C33H46O13/c1-22-13-7-3-2-4-8-14-23(34)19-24(35)15-9-5-10-16-25(17-11-6-12-18-28(38)44-22)45-33-32(42)31(41)30(40)26(46-33)21-43-29(39)20-27(36)37/h2,4-6,8-12,14,16,18,22-26,30-35,40-42H,3,7,13,15,17,19-21H2,1H3,(H,36,37)/b4-2+,9-5-,11-6+,14-8+,16-10+,18-12-/t22-,23+,24+,25-,26-,30-,31+,32-,33-/m1/s1. The molecule has 1 saturated heterocycles. The Morgan fingerprint density at radius 1 is 0.891 bits per heavy atom. The fourth-order valence-corrected chi connectivity index (χ4v) is 4.44. The van der Waals surface area contributed by atoms with Crippen LogP contribution in [-0.4, -0.2) is 110 Å². The molecular weight excluding hydrogens is 604 g/mol. The van der Waals surface area contributed by atoms with Crippen molar-refractivity contribution in [1.82, 2.24) is 0 Å². The predicted molar refractivity (Wildman–Crippen MR) is 165 cm³/mol. The van der Waals surface area contributed by atoms with Crippen molar-refractivity contribution in [2.75, 3.05) is 6.61 Å². The van der Waals surface area contributed by atoms with Gasteiger partial charge >= 0.3 is 17.9 Å². The summed E-state index contributed by atoms with van der Waals surface area (Å²) in [6, 6.07) is 0. The van der Waals surface area contributed by atoms with E-state index in [9.17, 15) is 39.9 Å². The van der Waals surface area contributed by atoms with Crippen molar-refractivity contribution in [3.05, 3.63) is 72.9 Å². The number of carboxylic acid groups (broad SMARTS) is 1. The number of cyclic esters (lactones) is 1. The SMILES string of the molecule is C[C@@H]1CCC/C=C/C=C/[C@H](O)C[C@@H](O)C/C=C\C=C\[C@@H](O[C@@H]2O[C@H](COC(=O)CC(=O)O)[C@@H](O)[C@H](O)[C@H]2O)C/C=C/C=C\C(=O)O1. The van der Waals surface area contributed by atoms with Crippen LogP contribution in [0.25, 0.3) is 0 Å². The van der Waals surface area contributed by atoms with Gasteiger partial charge in [0.2, 0.25) is 0 Å². The van der Waals surface area contributed by atoms with Crippen LogP contribution in [0.3, 0.4) is 0 Å². The lowest BCUT2D eigenvalue weighted by atomic mass is 9.99. The third-order valence-corrected chi connectivity index (χ3v) is 6.90. The molecule has 9 atom stereocenters. The molecule has 1 fully saturated rings. The van der Waals surface area contributed by atoms with Gasteiger partial charge < -0.3 is 49.6 Å². The van der Waals surface area contributed by atoms with Crippen molar-refractivity contribution in [1.29, 1.82) is 0 Å². The molecule has 0 saturated carbocycles. The molecule has 256 valence electrons. The second kappa shape index (κ2) is 21.4. The molecule has 0 aromatic carbocycles. The molecule has 0 radical (unpaired) electrons. The molecular formula is C33H46O13. The molecule has 0 amide bonds. The quantitative estimate of drug-likeness (QED) is 0.178. The van der Waals surface area contributed by atoms with Gasteiger partial charge in [-0.05, 0) is 39.0 Å². The first-order valence-electron chi connectivity index (χ1n) is 15.2. The van der Waals surface area contributed by atoms with E-state index in [2.05, 4.69) is 0 Å². The second-order valence-electron chi connectivity index (χ2n) is 11.0. The average Bonchev–Trinajstić information content (AvgIpc) is 2.98. The number of carbonyl (C=O) groups excluding carboxylic acids is 2. The van der Waals surface area contributed by atoms with Crippen LogP contribution in [0.5, 0.6) is 0 Å². The van der Waals surface area contributed by atoms with Crippen molar-refractivity contribution in [3.8, 4) is 0 Å². The molecule has 13 nitrogen and oxygen atoms in total. The molecule has 2 heterocycles. The number of aliphatic carboxylic acids is 1. The van der Waals surface area contributed by atoms with Crippen LogP contribution < -0.4 is 0 Å². The highest BCUT2D eigenvalue weighted by Gasteiger charge is 2.45. The Morgan fingerprint density at radius 2 is 1.59 bits per heavy atom. The molecule has 2 aliphatic heterocycles. The Morgan fingerprint density at radius 3 is 2.35 bits per heavy atom. The van der Waals surface area contributed by atoms with Crippen molar-refractivity contribution in [3.63, 3.8) is 0 Å². The summed E-state index contributed by atoms with van der Waals surface area (Å²) < 4.78 is 21.7. The molecule has 13 heteroatoms. The summed E-state index contributed by atoms with van der Waals surface area (Å²) in [5.41, 5.74) is 0. The molecule has 0 aromatic rings. The molecule has 46 heavy (non-hydrogen) atoms. The first kappa shape index (κ1) is 38.8. The zero-order valence-corrected chi connectivity index (χ0v) is 25.8. The van der Waals surface area contributed by atoms with E-state index < -0.39 is 80.0 Å². The number of carboxylic acids is 1. The van der Waals surface area contributed by atoms with Gasteiger partial charge in [0.1, 0.15) is 37.4 Å².